The summed E-state index contributed by atoms with van der Waals surface area (Å²) in [6.45, 7) is 2.82. The van der Waals surface area contributed by atoms with Crippen LogP contribution in [0.3, 0.4) is 0 Å². The number of rotatable bonds is 4. The van der Waals surface area contributed by atoms with E-state index in [0.717, 1.165) is 53.5 Å². The molecule has 1 aliphatic heterocycles. The Labute approximate surface area is 181 Å². The predicted octanol–water partition coefficient (Wildman–Crippen LogP) is 4.19. The van der Waals surface area contributed by atoms with Crippen molar-refractivity contribution >= 4 is 16.8 Å². The van der Waals surface area contributed by atoms with Gasteiger partial charge in [0.25, 0.3) is 5.91 Å². The van der Waals surface area contributed by atoms with E-state index in [1.807, 2.05) is 55.5 Å². The molecular weight excluding hydrogens is 386 g/mol. The molecule has 0 N–H and O–H groups in total. The Morgan fingerprint density at radius 1 is 1.19 bits per heavy atom. The van der Waals surface area contributed by atoms with Gasteiger partial charge in [0.2, 0.25) is 0 Å². The number of nitrogens with zero attached hydrogens (tertiary/aromatic N) is 5. The third kappa shape index (κ3) is 3.81. The quantitative estimate of drug-likeness (QED) is 0.505. The highest BCUT2D eigenvalue weighted by atomic mass is 16.2. The maximum absolute atomic E-state index is 13.8. The van der Waals surface area contributed by atoms with Crippen molar-refractivity contribution in [1.82, 2.24) is 24.6 Å². The van der Waals surface area contributed by atoms with Crippen molar-refractivity contribution in [1.29, 1.82) is 0 Å². The standard InChI is InChI=1S/C25H25N5O/c1-17-7-8-23-21(11-17)22(13-24(28-23)19-15-27-29(2)16-19)25(31)30-10-4-6-20(30)12-18-5-3-9-26-14-18/h3,5,7-9,11,13-16,20H,4,6,10,12H2,1-2H3. The number of aromatic nitrogens is 4. The van der Waals surface area contributed by atoms with Gasteiger partial charge >= 0.3 is 0 Å². The first-order chi connectivity index (χ1) is 15.1. The summed E-state index contributed by atoms with van der Waals surface area (Å²) in [6, 6.07) is 12.3. The summed E-state index contributed by atoms with van der Waals surface area (Å²) in [7, 11) is 1.88. The Hall–Kier alpha value is -3.54. The average Bonchev–Trinajstić information content (AvgIpc) is 3.42. The topological polar surface area (TPSA) is 63.9 Å². The summed E-state index contributed by atoms with van der Waals surface area (Å²) in [5, 5.41) is 5.18. The van der Waals surface area contributed by atoms with Gasteiger partial charge in [-0.3, -0.25) is 14.5 Å². The largest absolute Gasteiger partial charge is 0.335 e. The zero-order chi connectivity index (χ0) is 21.4. The average molecular weight is 412 g/mol. The van der Waals surface area contributed by atoms with Gasteiger partial charge in [0.05, 0.1) is 23.0 Å². The SMILES string of the molecule is Cc1ccc2nc(-c3cnn(C)c3)cc(C(=O)N3CCCC3Cc3cccnc3)c2c1. The Kier molecular flexibility index (Phi) is 4.98. The van der Waals surface area contributed by atoms with Gasteiger partial charge in [0.1, 0.15) is 0 Å². The fraction of sp³-hybridized carbons (Fsp3) is 0.280. The second kappa shape index (κ2) is 7.95. The number of hydrogen-bond donors (Lipinski definition) is 0. The van der Waals surface area contributed by atoms with Crippen LogP contribution < -0.4 is 0 Å². The van der Waals surface area contributed by atoms with Crippen LogP contribution >= 0.6 is 0 Å². The lowest BCUT2D eigenvalue weighted by atomic mass is 10.0. The highest BCUT2D eigenvalue weighted by molar-refractivity contribution is 6.07. The fourth-order valence-corrected chi connectivity index (χ4v) is 4.48. The van der Waals surface area contributed by atoms with E-state index in [-0.39, 0.29) is 11.9 Å². The van der Waals surface area contributed by atoms with Crippen LogP contribution in [0, 0.1) is 6.92 Å². The smallest absolute Gasteiger partial charge is 0.254 e. The highest BCUT2D eigenvalue weighted by Gasteiger charge is 2.31. The first-order valence-electron chi connectivity index (χ1n) is 10.7. The lowest BCUT2D eigenvalue weighted by Crippen LogP contribution is -2.37. The molecule has 31 heavy (non-hydrogen) atoms. The van der Waals surface area contributed by atoms with Crippen LogP contribution in [-0.2, 0) is 13.5 Å². The van der Waals surface area contributed by atoms with Crippen LogP contribution in [0.4, 0.5) is 0 Å². The van der Waals surface area contributed by atoms with E-state index in [2.05, 4.69) is 22.2 Å². The monoisotopic (exact) mass is 411 g/mol. The van der Waals surface area contributed by atoms with Gasteiger partial charge in [-0.25, -0.2) is 4.98 Å². The molecule has 1 saturated heterocycles. The zero-order valence-corrected chi connectivity index (χ0v) is 17.8. The van der Waals surface area contributed by atoms with E-state index in [0.29, 0.717) is 5.56 Å². The van der Waals surface area contributed by atoms with Crippen molar-refractivity contribution in [2.24, 2.45) is 7.05 Å². The van der Waals surface area contributed by atoms with Crippen molar-refractivity contribution in [3.8, 4) is 11.3 Å². The van der Waals surface area contributed by atoms with Crippen LogP contribution in [0.1, 0.15) is 34.3 Å². The predicted molar refractivity (Wildman–Crippen MR) is 121 cm³/mol. The van der Waals surface area contributed by atoms with Crippen molar-refractivity contribution in [2.45, 2.75) is 32.2 Å². The van der Waals surface area contributed by atoms with Crippen LogP contribution in [0.25, 0.3) is 22.2 Å². The minimum atomic E-state index is 0.0783. The molecule has 1 unspecified atom stereocenters. The van der Waals surface area contributed by atoms with Gasteiger partial charge in [0, 0.05) is 49.2 Å². The number of aryl methyl sites for hydroxylation is 2. The summed E-state index contributed by atoms with van der Waals surface area (Å²) in [6.07, 6.45) is 10.3. The second-order valence-electron chi connectivity index (χ2n) is 8.34. The molecule has 4 aromatic rings. The van der Waals surface area contributed by atoms with Crippen LogP contribution in [0.2, 0.25) is 0 Å². The molecule has 1 atom stereocenters. The number of benzene rings is 1. The van der Waals surface area contributed by atoms with Crippen LogP contribution in [0.15, 0.2) is 61.2 Å². The molecule has 1 fully saturated rings. The minimum Gasteiger partial charge on any atom is -0.335 e. The molecule has 1 aromatic carbocycles. The Morgan fingerprint density at radius 2 is 2.10 bits per heavy atom. The van der Waals surface area contributed by atoms with Crippen molar-refractivity contribution in [2.75, 3.05) is 6.54 Å². The first-order valence-corrected chi connectivity index (χ1v) is 10.7. The molecule has 0 radical (unpaired) electrons. The molecule has 6 heteroatoms. The number of likely N-dealkylation sites (tertiary alicyclic amines) is 1. The van der Waals surface area contributed by atoms with Crippen molar-refractivity contribution < 1.29 is 4.79 Å². The zero-order valence-electron chi connectivity index (χ0n) is 17.8. The summed E-state index contributed by atoms with van der Waals surface area (Å²) >= 11 is 0. The molecule has 5 rings (SSSR count). The second-order valence-corrected chi connectivity index (χ2v) is 8.34. The molecule has 1 aliphatic rings. The van der Waals surface area contributed by atoms with E-state index in [9.17, 15) is 4.79 Å². The molecule has 4 heterocycles. The Bertz CT molecular complexity index is 1250. The third-order valence-electron chi connectivity index (χ3n) is 6.03. The third-order valence-corrected chi connectivity index (χ3v) is 6.03. The maximum atomic E-state index is 13.8. The van der Waals surface area contributed by atoms with Crippen molar-refractivity contribution in [3.05, 3.63) is 77.9 Å². The van der Waals surface area contributed by atoms with Gasteiger partial charge in [-0.2, -0.15) is 5.10 Å². The number of carbonyl (C=O) groups is 1. The minimum absolute atomic E-state index is 0.0783. The summed E-state index contributed by atoms with van der Waals surface area (Å²) < 4.78 is 1.75. The van der Waals surface area contributed by atoms with E-state index < -0.39 is 0 Å². The van der Waals surface area contributed by atoms with Gasteiger partial charge in [-0.1, -0.05) is 17.7 Å². The van der Waals surface area contributed by atoms with Crippen LogP contribution in [0.5, 0.6) is 0 Å². The molecule has 0 spiro atoms. The number of amides is 1. The van der Waals surface area contributed by atoms with Gasteiger partial charge in [-0.05, 0) is 56.0 Å². The van der Waals surface area contributed by atoms with Crippen molar-refractivity contribution in [3.63, 3.8) is 0 Å². The molecule has 0 aliphatic carbocycles. The van der Waals surface area contributed by atoms with E-state index in [1.165, 1.54) is 5.56 Å². The normalized spacial score (nSPS) is 16.2. The summed E-state index contributed by atoms with van der Waals surface area (Å²) in [5.41, 5.74) is 5.51. The maximum Gasteiger partial charge on any atom is 0.254 e. The molecule has 1 amide bonds. The number of fused-ring (bicyclic) bond motifs is 1. The molecule has 0 saturated carbocycles. The number of pyridine rings is 2. The molecule has 6 nitrogen and oxygen atoms in total. The first kappa shape index (κ1) is 19.4. The summed E-state index contributed by atoms with van der Waals surface area (Å²) in [5.74, 6) is 0.0783. The number of hydrogen-bond acceptors (Lipinski definition) is 4. The van der Waals surface area contributed by atoms with E-state index in [1.54, 1.807) is 17.1 Å². The van der Waals surface area contributed by atoms with Gasteiger partial charge < -0.3 is 4.90 Å². The van der Waals surface area contributed by atoms with Gasteiger partial charge in [-0.15, -0.1) is 0 Å². The molecule has 3 aromatic heterocycles. The molecular formula is C25H25N5O. The number of carbonyl (C=O) groups excluding carboxylic acids is 1. The Morgan fingerprint density at radius 3 is 2.87 bits per heavy atom. The van der Waals surface area contributed by atoms with Gasteiger partial charge in [0.15, 0.2) is 0 Å². The Balaban J connectivity index is 1.56. The highest BCUT2D eigenvalue weighted by Crippen LogP contribution is 2.29. The van der Waals surface area contributed by atoms with E-state index >= 15 is 0 Å². The molecule has 0 bridgehead atoms. The van der Waals surface area contributed by atoms with Crippen LogP contribution in [-0.4, -0.2) is 43.1 Å². The molecule has 156 valence electrons. The lowest BCUT2D eigenvalue weighted by Gasteiger charge is -2.25. The van der Waals surface area contributed by atoms with E-state index in [4.69, 9.17) is 4.98 Å². The lowest BCUT2D eigenvalue weighted by molar-refractivity contribution is 0.0738. The summed E-state index contributed by atoms with van der Waals surface area (Å²) in [4.78, 5) is 24.9. The fourth-order valence-electron chi connectivity index (χ4n) is 4.48.